The van der Waals surface area contributed by atoms with E-state index in [1.54, 1.807) is 19.2 Å². The molecule has 7 heteroatoms. The van der Waals surface area contributed by atoms with E-state index in [0.717, 1.165) is 10.9 Å². The van der Waals surface area contributed by atoms with E-state index in [1.165, 1.54) is 11.8 Å². The highest BCUT2D eigenvalue weighted by molar-refractivity contribution is 7.98. The third-order valence-electron chi connectivity index (χ3n) is 3.45. The van der Waals surface area contributed by atoms with E-state index in [9.17, 15) is 4.79 Å². The molecule has 3 aromatic rings. The van der Waals surface area contributed by atoms with Crippen molar-refractivity contribution in [3.05, 3.63) is 48.5 Å². The molecule has 1 heterocycles. The van der Waals surface area contributed by atoms with Gasteiger partial charge in [0, 0.05) is 0 Å². The van der Waals surface area contributed by atoms with E-state index < -0.39 is 0 Å². The summed E-state index contributed by atoms with van der Waals surface area (Å²) in [5.74, 6) is 0.691. The number of carbonyl (C=O) groups is 1. The normalized spacial score (nSPS) is 10.5. The first-order chi connectivity index (χ1) is 12.2. The van der Waals surface area contributed by atoms with Crippen LogP contribution in [0, 0.1) is 0 Å². The van der Waals surface area contributed by atoms with Crippen LogP contribution in [0.25, 0.3) is 10.9 Å². The highest BCUT2D eigenvalue weighted by atomic mass is 32.2. The van der Waals surface area contributed by atoms with Gasteiger partial charge in [-0.25, -0.2) is 4.98 Å². The summed E-state index contributed by atoms with van der Waals surface area (Å²) in [4.78, 5) is 21.0. The molecular formula is C18H17N3O3S. The van der Waals surface area contributed by atoms with Gasteiger partial charge in [0.15, 0.2) is 11.8 Å². The summed E-state index contributed by atoms with van der Waals surface area (Å²) < 4.78 is 10.9. The van der Waals surface area contributed by atoms with E-state index in [4.69, 9.17) is 9.47 Å². The molecule has 2 aromatic carbocycles. The number of methoxy groups -OCH3 is 1. The quantitative estimate of drug-likeness (QED) is 0.540. The zero-order valence-electron chi connectivity index (χ0n) is 13.9. The average molecular weight is 355 g/mol. The molecule has 0 aliphatic rings. The second-order valence-corrected chi connectivity index (χ2v) is 5.84. The molecule has 0 unspecified atom stereocenters. The lowest BCUT2D eigenvalue weighted by Gasteiger charge is -2.11. The minimum Gasteiger partial charge on any atom is -0.495 e. The topological polar surface area (TPSA) is 73.3 Å². The lowest BCUT2D eigenvalue weighted by molar-refractivity contribution is -0.118. The van der Waals surface area contributed by atoms with Crippen LogP contribution in [0.3, 0.4) is 0 Å². The Hall–Kier alpha value is -2.80. The molecule has 1 N–H and O–H groups in total. The molecule has 0 atom stereocenters. The minimum absolute atomic E-state index is 0.160. The summed E-state index contributed by atoms with van der Waals surface area (Å²) in [5.41, 5.74) is 1.37. The monoisotopic (exact) mass is 355 g/mol. The number of benzene rings is 2. The number of fused-ring (bicyclic) bond motifs is 1. The summed E-state index contributed by atoms with van der Waals surface area (Å²) in [6, 6.07) is 14.7. The van der Waals surface area contributed by atoms with Crippen LogP contribution in [-0.2, 0) is 4.79 Å². The van der Waals surface area contributed by atoms with E-state index in [2.05, 4.69) is 15.3 Å². The van der Waals surface area contributed by atoms with Crippen molar-refractivity contribution in [2.24, 2.45) is 0 Å². The lowest BCUT2D eigenvalue weighted by Crippen LogP contribution is -2.21. The standard InChI is InChI=1S/C18H17N3O3S/c1-23-15-10-6-5-9-14(15)19-16(22)11-24-17-12-7-3-4-8-13(12)20-18(21-17)25-2/h3-10H,11H2,1-2H3,(H,19,22). The average Bonchev–Trinajstić information content (AvgIpc) is 2.66. The zero-order valence-corrected chi connectivity index (χ0v) is 14.7. The predicted octanol–water partition coefficient (Wildman–Crippen LogP) is 3.38. The molecule has 0 aliphatic heterocycles. The Balaban J connectivity index is 1.75. The first kappa shape index (κ1) is 17.0. The van der Waals surface area contributed by atoms with Crippen molar-refractivity contribution in [1.29, 1.82) is 0 Å². The third-order valence-corrected chi connectivity index (χ3v) is 4.00. The van der Waals surface area contributed by atoms with Gasteiger partial charge in [-0.15, -0.1) is 0 Å². The van der Waals surface area contributed by atoms with Gasteiger partial charge < -0.3 is 14.8 Å². The lowest BCUT2D eigenvalue weighted by atomic mass is 10.2. The SMILES string of the molecule is COc1ccccc1NC(=O)COc1nc(SC)nc2ccccc12. The number of nitrogens with zero attached hydrogens (tertiary/aromatic N) is 2. The smallest absolute Gasteiger partial charge is 0.262 e. The number of hydrogen-bond donors (Lipinski definition) is 1. The first-order valence-corrected chi connectivity index (χ1v) is 8.80. The molecule has 6 nitrogen and oxygen atoms in total. The molecule has 1 aromatic heterocycles. The Morgan fingerprint density at radius 2 is 1.88 bits per heavy atom. The van der Waals surface area contributed by atoms with Crippen LogP contribution in [0.2, 0.25) is 0 Å². The summed E-state index contributed by atoms with van der Waals surface area (Å²) in [6.07, 6.45) is 1.89. The fourth-order valence-electron chi connectivity index (χ4n) is 2.30. The fraction of sp³-hybridized carbons (Fsp3) is 0.167. The number of hydrogen-bond acceptors (Lipinski definition) is 6. The molecule has 0 fully saturated rings. The van der Waals surface area contributed by atoms with Gasteiger partial charge in [0.25, 0.3) is 5.91 Å². The van der Waals surface area contributed by atoms with E-state index >= 15 is 0 Å². The number of rotatable bonds is 6. The van der Waals surface area contributed by atoms with Gasteiger partial charge in [-0.3, -0.25) is 4.79 Å². The fourth-order valence-corrected chi connectivity index (χ4v) is 2.66. The van der Waals surface area contributed by atoms with Crippen LogP contribution in [0.15, 0.2) is 53.7 Å². The Morgan fingerprint density at radius 1 is 1.12 bits per heavy atom. The summed E-state index contributed by atoms with van der Waals surface area (Å²) in [5, 5.41) is 4.14. The number of thioether (sulfide) groups is 1. The maximum absolute atomic E-state index is 12.2. The van der Waals surface area contributed by atoms with Crippen molar-refractivity contribution < 1.29 is 14.3 Å². The van der Waals surface area contributed by atoms with Crippen molar-refractivity contribution in [3.8, 4) is 11.6 Å². The maximum atomic E-state index is 12.2. The van der Waals surface area contributed by atoms with Gasteiger partial charge >= 0.3 is 0 Å². The van der Waals surface area contributed by atoms with E-state index in [1.807, 2.05) is 42.7 Å². The molecule has 128 valence electrons. The van der Waals surface area contributed by atoms with Crippen molar-refractivity contribution in [2.75, 3.05) is 25.3 Å². The van der Waals surface area contributed by atoms with Crippen LogP contribution < -0.4 is 14.8 Å². The highest BCUT2D eigenvalue weighted by Crippen LogP contribution is 2.26. The van der Waals surface area contributed by atoms with E-state index in [-0.39, 0.29) is 12.5 Å². The number of ether oxygens (including phenoxy) is 2. The molecule has 0 spiro atoms. The highest BCUT2D eigenvalue weighted by Gasteiger charge is 2.12. The van der Waals surface area contributed by atoms with Crippen LogP contribution in [-0.4, -0.2) is 35.8 Å². The summed E-state index contributed by atoms with van der Waals surface area (Å²) >= 11 is 1.42. The number of aromatic nitrogens is 2. The Morgan fingerprint density at radius 3 is 2.68 bits per heavy atom. The summed E-state index contributed by atoms with van der Waals surface area (Å²) in [6.45, 7) is -0.160. The van der Waals surface area contributed by atoms with Gasteiger partial charge in [0.2, 0.25) is 5.88 Å². The van der Waals surface area contributed by atoms with Crippen molar-refractivity contribution in [3.63, 3.8) is 0 Å². The van der Waals surface area contributed by atoms with Gasteiger partial charge in [-0.2, -0.15) is 4.98 Å². The van der Waals surface area contributed by atoms with Gasteiger partial charge in [-0.1, -0.05) is 36.0 Å². The largest absolute Gasteiger partial charge is 0.495 e. The second-order valence-electron chi connectivity index (χ2n) is 5.07. The van der Waals surface area contributed by atoms with E-state index in [0.29, 0.717) is 22.5 Å². The van der Waals surface area contributed by atoms with Crippen LogP contribution in [0.1, 0.15) is 0 Å². The number of anilines is 1. The molecule has 0 saturated carbocycles. The number of nitrogens with one attached hydrogen (secondary N) is 1. The molecular weight excluding hydrogens is 338 g/mol. The summed E-state index contributed by atoms with van der Waals surface area (Å²) in [7, 11) is 1.55. The van der Waals surface area contributed by atoms with Crippen molar-refractivity contribution in [2.45, 2.75) is 5.16 Å². The van der Waals surface area contributed by atoms with Crippen molar-refractivity contribution >= 4 is 34.3 Å². The molecule has 0 saturated heterocycles. The van der Waals surface area contributed by atoms with Gasteiger partial charge in [0.1, 0.15) is 5.75 Å². The molecule has 0 aliphatic carbocycles. The number of para-hydroxylation sites is 3. The van der Waals surface area contributed by atoms with Crippen molar-refractivity contribution in [1.82, 2.24) is 9.97 Å². The molecule has 3 rings (SSSR count). The minimum atomic E-state index is -0.294. The van der Waals surface area contributed by atoms with Crippen LogP contribution in [0.5, 0.6) is 11.6 Å². The first-order valence-electron chi connectivity index (χ1n) is 7.57. The molecule has 25 heavy (non-hydrogen) atoms. The Bertz CT molecular complexity index is 902. The Kier molecular flexibility index (Phi) is 5.35. The molecule has 0 bridgehead atoms. The van der Waals surface area contributed by atoms with Crippen LogP contribution >= 0.6 is 11.8 Å². The van der Waals surface area contributed by atoms with Gasteiger partial charge in [0.05, 0.1) is 23.7 Å². The van der Waals surface area contributed by atoms with Gasteiger partial charge in [-0.05, 0) is 30.5 Å². The second kappa shape index (κ2) is 7.85. The predicted molar refractivity (Wildman–Crippen MR) is 98.4 cm³/mol. The third kappa shape index (κ3) is 4.00. The zero-order chi connectivity index (χ0) is 17.6. The van der Waals surface area contributed by atoms with Crippen LogP contribution in [0.4, 0.5) is 5.69 Å². The molecule has 1 amide bonds. The Labute approximate surface area is 149 Å². The molecule has 0 radical (unpaired) electrons. The maximum Gasteiger partial charge on any atom is 0.262 e. The number of amides is 1. The number of carbonyl (C=O) groups excluding carboxylic acids is 1.